The summed E-state index contributed by atoms with van der Waals surface area (Å²) in [7, 11) is 1.91. The Morgan fingerprint density at radius 2 is 2.04 bits per heavy atom. The van der Waals surface area contributed by atoms with Crippen molar-refractivity contribution in [3.63, 3.8) is 0 Å². The lowest BCUT2D eigenvalue weighted by Gasteiger charge is -2.06. The molecule has 0 radical (unpaired) electrons. The number of ether oxygens (including phenoxy) is 1. The number of hydrogen-bond donors (Lipinski definition) is 1. The summed E-state index contributed by atoms with van der Waals surface area (Å²) in [5.41, 5.74) is 4.11. The van der Waals surface area contributed by atoms with Crippen molar-refractivity contribution in [2.24, 2.45) is 7.05 Å². The van der Waals surface area contributed by atoms with Crippen LogP contribution in [0.25, 0.3) is 22.2 Å². The molecule has 114 valence electrons. The van der Waals surface area contributed by atoms with Crippen LogP contribution in [0.15, 0.2) is 55.1 Å². The minimum Gasteiger partial charge on any atom is -0.456 e. The summed E-state index contributed by atoms with van der Waals surface area (Å²) in [5, 5.41) is 5.25. The van der Waals surface area contributed by atoms with E-state index in [1.807, 2.05) is 62.9 Å². The van der Waals surface area contributed by atoms with Gasteiger partial charge in [0.25, 0.3) is 0 Å². The van der Waals surface area contributed by atoms with Crippen LogP contribution < -0.4 is 4.74 Å². The first-order valence-electron chi connectivity index (χ1n) is 7.40. The highest BCUT2D eigenvalue weighted by Crippen LogP contribution is 2.31. The molecular formula is C18H16N4O. The molecule has 1 N–H and O–H groups in total. The molecule has 5 nitrogen and oxygen atoms in total. The molecule has 0 amide bonds. The van der Waals surface area contributed by atoms with Gasteiger partial charge in [-0.3, -0.25) is 4.68 Å². The lowest BCUT2D eigenvalue weighted by atomic mass is 10.1. The highest BCUT2D eigenvalue weighted by atomic mass is 16.5. The van der Waals surface area contributed by atoms with Crippen LogP contribution in [-0.2, 0) is 7.05 Å². The smallest absolute Gasteiger partial charge is 0.146 e. The Labute approximate surface area is 133 Å². The number of nitrogens with one attached hydrogen (secondary N) is 1. The standard InChI is InChI=1S/C18H16N4O/c1-12-4-3-5-14(6-12)23-15-7-16-17(10-20-18(16)19-9-15)13-8-21-22(2)11-13/h3-11H,1-2H3,(H,19,20). The third-order valence-corrected chi connectivity index (χ3v) is 3.75. The van der Waals surface area contributed by atoms with E-state index in [1.54, 1.807) is 10.9 Å². The normalized spacial score (nSPS) is 11.0. The van der Waals surface area contributed by atoms with Crippen molar-refractivity contribution in [1.29, 1.82) is 0 Å². The second-order valence-corrected chi connectivity index (χ2v) is 5.59. The molecule has 4 rings (SSSR count). The molecule has 1 aromatic carbocycles. The molecule has 3 aromatic heterocycles. The van der Waals surface area contributed by atoms with Crippen molar-refractivity contribution in [3.8, 4) is 22.6 Å². The molecule has 3 heterocycles. The van der Waals surface area contributed by atoms with E-state index in [9.17, 15) is 0 Å². The SMILES string of the molecule is Cc1cccc(Oc2cnc3[nH]cc(-c4cnn(C)c4)c3c2)c1. The van der Waals surface area contributed by atoms with Gasteiger partial charge in [-0.1, -0.05) is 12.1 Å². The maximum atomic E-state index is 5.94. The fourth-order valence-electron chi connectivity index (χ4n) is 2.65. The molecule has 0 saturated heterocycles. The Balaban J connectivity index is 1.75. The van der Waals surface area contributed by atoms with E-state index < -0.39 is 0 Å². The second kappa shape index (κ2) is 5.28. The first kappa shape index (κ1) is 13.6. The average Bonchev–Trinajstić information content (AvgIpc) is 3.13. The molecule has 0 atom stereocenters. The number of fused-ring (bicyclic) bond motifs is 1. The van der Waals surface area contributed by atoms with Crippen molar-refractivity contribution in [1.82, 2.24) is 19.7 Å². The predicted molar refractivity (Wildman–Crippen MR) is 89.5 cm³/mol. The van der Waals surface area contributed by atoms with Crippen LogP contribution in [0.5, 0.6) is 11.5 Å². The molecule has 4 aromatic rings. The van der Waals surface area contributed by atoms with Crippen molar-refractivity contribution < 1.29 is 4.74 Å². The van der Waals surface area contributed by atoms with Crippen molar-refractivity contribution in [2.45, 2.75) is 6.92 Å². The molecule has 0 fully saturated rings. The van der Waals surface area contributed by atoms with Gasteiger partial charge in [0.15, 0.2) is 0 Å². The topological polar surface area (TPSA) is 55.7 Å². The summed E-state index contributed by atoms with van der Waals surface area (Å²) in [6.07, 6.45) is 7.51. The van der Waals surface area contributed by atoms with Crippen molar-refractivity contribution in [2.75, 3.05) is 0 Å². The second-order valence-electron chi connectivity index (χ2n) is 5.59. The highest BCUT2D eigenvalue weighted by Gasteiger charge is 2.10. The zero-order valence-corrected chi connectivity index (χ0v) is 12.9. The fourth-order valence-corrected chi connectivity index (χ4v) is 2.65. The van der Waals surface area contributed by atoms with Gasteiger partial charge in [-0.2, -0.15) is 5.10 Å². The number of hydrogen-bond acceptors (Lipinski definition) is 3. The lowest BCUT2D eigenvalue weighted by molar-refractivity contribution is 0.481. The maximum Gasteiger partial charge on any atom is 0.146 e. The van der Waals surface area contributed by atoms with E-state index in [-0.39, 0.29) is 0 Å². The molecular weight excluding hydrogens is 288 g/mol. The average molecular weight is 304 g/mol. The minimum atomic E-state index is 0.716. The molecule has 23 heavy (non-hydrogen) atoms. The zero-order chi connectivity index (χ0) is 15.8. The summed E-state index contributed by atoms with van der Waals surface area (Å²) in [4.78, 5) is 7.64. The molecule has 5 heteroatoms. The van der Waals surface area contributed by atoms with Crippen LogP contribution in [0.3, 0.4) is 0 Å². The number of pyridine rings is 1. The number of benzene rings is 1. The first-order chi connectivity index (χ1) is 11.2. The Kier molecular flexibility index (Phi) is 3.12. The van der Waals surface area contributed by atoms with Gasteiger partial charge in [0, 0.05) is 36.0 Å². The van der Waals surface area contributed by atoms with E-state index >= 15 is 0 Å². The molecule has 0 bridgehead atoms. The number of aromatic nitrogens is 4. The van der Waals surface area contributed by atoms with Crippen LogP contribution in [0.4, 0.5) is 0 Å². The van der Waals surface area contributed by atoms with E-state index in [0.717, 1.165) is 33.5 Å². The third kappa shape index (κ3) is 2.57. The maximum absolute atomic E-state index is 5.94. The largest absolute Gasteiger partial charge is 0.456 e. The van der Waals surface area contributed by atoms with Gasteiger partial charge in [0.05, 0.1) is 12.4 Å². The molecule has 0 aliphatic carbocycles. The van der Waals surface area contributed by atoms with Gasteiger partial charge in [-0.15, -0.1) is 0 Å². The van der Waals surface area contributed by atoms with Crippen LogP contribution >= 0.6 is 0 Å². The summed E-state index contributed by atoms with van der Waals surface area (Å²) in [5.74, 6) is 1.53. The quantitative estimate of drug-likeness (QED) is 0.621. The minimum absolute atomic E-state index is 0.716. The first-order valence-corrected chi connectivity index (χ1v) is 7.40. The number of H-pyrrole nitrogens is 1. The number of aromatic amines is 1. The summed E-state index contributed by atoms with van der Waals surface area (Å²) < 4.78 is 7.72. The van der Waals surface area contributed by atoms with Gasteiger partial charge in [-0.25, -0.2) is 4.98 Å². The molecule has 0 saturated carbocycles. The number of aryl methyl sites for hydroxylation is 2. The van der Waals surface area contributed by atoms with Crippen LogP contribution in [0, 0.1) is 6.92 Å². The van der Waals surface area contributed by atoms with E-state index in [2.05, 4.69) is 15.1 Å². The Morgan fingerprint density at radius 1 is 1.13 bits per heavy atom. The number of nitrogens with zero attached hydrogens (tertiary/aromatic N) is 3. The number of rotatable bonds is 3. The summed E-state index contributed by atoms with van der Waals surface area (Å²) in [6, 6.07) is 9.97. The van der Waals surface area contributed by atoms with Crippen LogP contribution in [0.1, 0.15) is 5.56 Å². The van der Waals surface area contributed by atoms with Gasteiger partial charge in [-0.05, 0) is 30.7 Å². The van der Waals surface area contributed by atoms with Gasteiger partial charge in [0.1, 0.15) is 17.1 Å². The van der Waals surface area contributed by atoms with E-state index in [0.29, 0.717) is 5.75 Å². The molecule has 0 aliphatic rings. The Morgan fingerprint density at radius 3 is 2.83 bits per heavy atom. The van der Waals surface area contributed by atoms with Crippen LogP contribution in [-0.4, -0.2) is 19.7 Å². The monoisotopic (exact) mass is 304 g/mol. The Bertz CT molecular complexity index is 984. The van der Waals surface area contributed by atoms with Gasteiger partial charge in [0.2, 0.25) is 0 Å². The molecule has 0 unspecified atom stereocenters. The predicted octanol–water partition coefficient (Wildman–Crippen LogP) is 4.06. The van der Waals surface area contributed by atoms with Crippen LogP contribution in [0.2, 0.25) is 0 Å². The van der Waals surface area contributed by atoms with E-state index in [1.165, 1.54) is 0 Å². The van der Waals surface area contributed by atoms with Gasteiger partial charge >= 0.3 is 0 Å². The molecule has 0 spiro atoms. The zero-order valence-electron chi connectivity index (χ0n) is 12.9. The highest BCUT2D eigenvalue weighted by molar-refractivity contribution is 5.93. The molecule has 0 aliphatic heterocycles. The van der Waals surface area contributed by atoms with Crippen molar-refractivity contribution >= 4 is 11.0 Å². The Hall–Kier alpha value is -3.08. The van der Waals surface area contributed by atoms with E-state index in [4.69, 9.17) is 4.74 Å². The third-order valence-electron chi connectivity index (χ3n) is 3.75. The summed E-state index contributed by atoms with van der Waals surface area (Å²) >= 11 is 0. The van der Waals surface area contributed by atoms with Crippen molar-refractivity contribution in [3.05, 3.63) is 60.7 Å². The fraction of sp³-hybridized carbons (Fsp3) is 0.111. The van der Waals surface area contributed by atoms with Gasteiger partial charge < -0.3 is 9.72 Å². The lowest BCUT2D eigenvalue weighted by Crippen LogP contribution is -1.87. The summed E-state index contributed by atoms with van der Waals surface area (Å²) in [6.45, 7) is 2.04.